The number of likely N-dealkylation sites (tertiary alicyclic amines) is 1. The summed E-state index contributed by atoms with van der Waals surface area (Å²) in [5.41, 5.74) is 0. The fraction of sp³-hybridized carbons (Fsp3) is 0.714. The van der Waals surface area contributed by atoms with Gasteiger partial charge in [-0.1, -0.05) is 12.8 Å². The molecule has 1 fully saturated rings. The number of nitrogens with zero attached hydrogens (tertiary/aromatic N) is 1. The Morgan fingerprint density at radius 2 is 2.21 bits per heavy atom. The number of carbonyl (C=O) groups excluding carboxylic acids is 1. The Hall–Kier alpha value is -1.70. The van der Waals surface area contributed by atoms with E-state index in [-0.39, 0.29) is 30.3 Å². The lowest BCUT2D eigenvalue weighted by molar-refractivity contribution is -0.138. The van der Waals surface area contributed by atoms with Gasteiger partial charge in [-0.15, -0.1) is 6.42 Å². The van der Waals surface area contributed by atoms with Gasteiger partial charge in [0.25, 0.3) is 0 Å². The van der Waals surface area contributed by atoms with E-state index in [1.165, 1.54) is 0 Å². The number of carbonyl (C=O) groups is 2. The minimum absolute atomic E-state index is 0.0816. The van der Waals surface area contributed by atoms with Crippen molar-refractivity contribution in [3.05, 3.63) is 0 Å². The number of carboxylic acid groups (broad SMARTS) is 1. The van der Waals surface area contributed by atoms with Crippen LogP contribution >= 0.6 is 0 Å². The minimum Gasteiger partial charge on any atom is -0.481 e. The van der Waals surface area contributed by atoms with Crippen LogP contribution in [0.4, 0.5) is 4.79 Å². The van der Waals surface area contributed by atoms with E-state index < -0.39 is 5.97 Å². The van der Waals surface area contributed by atoms with E-state index in [2.05, 4.69) is 11.2 Å². The summed E-state index contributed by atoms with van der Waals surface area (Å²) >= 11 is 0. The zero-order valence-corrected chi connectivity index (χ0v) is 11.6. The summed E-state index contributed by atoms with van der Waals surface area (Å²) in [6, 6.07) is -0.443. The van der Waals surface area contributed by atoms with Crippen LogP contribution in [0.25, 0.3) is 0 Å². The number of rotatable bonds is 4. The maximum atomic E-state index is 12.0. The number of piperidine rings is 1. The molecular formula is C14H22N2O3. The third-order valence-corrected chi connectivity index (χ3v) is 3.64. The molecular weight excluding hydrogens is 244 g/mol. The van der Waals surface area contributed by atoms with Gasteiger partial charge in [-0.2, -0.15) is 0 Å². The van der Waals surface area contributed by atoms with Crippen molar-refractivity contribution >= 4 is 12.0 Å². The molecule has 0 aromatic rings. The zero-order valence-electron chi connectivity index (χ0n) is 11.6. The van der Waals surface area contributed by atoms with Crippen molar-refractivity contribution in [1.29, 1.82) is 0 Å². The molecule has 0 saturated carbocycles. The van der Waals surface area contributed by atoms with Gasteiger partial charge in [0.2, 0.25) is 0 Å². The van der Waals surface area contributed by atoms with Crippen molar-refractivity contribution in [2.24, 2.45) is 11.8 Å². The molecule has 3 atom stereocenters. The third-order valence-electron chi connectivity index (χ3n) is 3.64. The van der Waals surface area contributed by atoms with Crippen LogP contribution in [0.2, 0.25) is 0 Å². The molecule has 5 nitrogen and oxygen atoms in total. The molecule has 0 spiro atoms. The molecule has 106 valence electrons. The van der Waals surface area contributed by atoms with Gasteiger partial charge < -0.3 is 15.3 Å². The predicted octanol–water partition coefficient (Wildman–Crippen LogP) is 1.54. The maximum absolute atomic E-state index is 12.0. The highest BCUT2D eigenvalue weighted by Crippen LogP contribution is 2.26. The fourth-order valence-electron chi connectivity index (χ4n) is 2.42. The van der Waals surface area contributed by atoms with E-state index in [1.807, 2.05) is 6.92 Å². The molecule has 0 aliphatic carbocycles. The van der Waals surface area contributed by atoms with Gasteiger partial charge in [0.15, 0.2) is 0 Å². The summed E-state index contributed by atoms with van der Waals surface area (Å²) in [6.07, 6.45) is 7.27. The van der Waals surface area contributed by atoms with Crippen LogP contribution in [0.1, 0.15) is 33.1 Å². The summed E-state index contributed by atoms with van der Waals surface area (Å²) in [7, 11) is 0. The molecule has 1 heterocycles. The van der Waals surface area contributed by atoms with Crippen molar-refractivity contribution in [1.82, 2.24) is 10.2 Å². The summed E-state index contributed by atoms with van der Waals surface area (Å²) in [5, 5.41) is 11.6. The van der Waals surface area contributed by atoms with Crippen LogP contribution in [-0.4, -0.2) is 41.1 Å². The van der Waals surface area contributed by atoms with Crippen molar-refractivity contribution in [2.45, 2.75) is 39.2 Å². The third kappa shape index (κ3) is 4.82. The Bertz CT molecular complexity index is 375. The van der Waals surface area contributed by atoms with E-state index in [0.29, 0.717) is 13.1 Å². The number of aliphatic carboxylic acids is 1. The van der Waals surface area contributed by atoms with E-state index in [0.717, 1.165) is 12.8 Å². The Labute approximate surface area is 114 Å². The predicted molar refractivity (Wildman–Crippen MR) is 72.5 cm³/mol. The number of urea groups is 1. The second-order valence-electron chi connectivity index (χ2n) is 5.26. The molecule has 0 aromatic carbocycles. The first-order valence-corrected chi connectivity index (χ1v) is 6.67. The van der Waals surface area contributed by atoms with Gasteiger partial charge >= 0.3 is 12.0 Å². The quantitative estimate of drug-likeness (QED) is 0.758. The van der Waals surface area contributed by atoms with E-state index in [1.54, 1.807) is 11.8 Å². The fourth-order valence-corrected chi connectivity index (χ4v) is 2.42. The summed E-state index contributed by atoms with van der Waals surface area (Å²) in [6.45, 7) is 5.01. The largest absolute Gasteiger partial charge is 0.481 e. The van der Waals surface area contributed by atoms with E-state index >= 15 is 0 Å². The van der Waals surface area contributed by atoms with Crippen LogP contribution in [-0.2, 0) is 4.79 Å². The van der Waals surface area contributed by atoms with Gasteiger partial charge in [0, 0.05) is 19.5 Å². The van der Waals surface area contributed by atoms with Crippen LogP contribution in [0.15, 0.2) is 0 Å². The van der Waals surface area contributed by atoms with Gasteiger partial charge in [-0.05, 0) is 31.6 Å². The molecule has 19 heavy (non-hydrogen) atoms. The van der Waals surface area contributed by atoms with Gasteiger partial charge in [0.1, 0.15) is 0 Å². The lowest BCUT2D eigenvalue weighted by Crippen LogP contribution is -2.48. The lowest BCUT2D eigenvalue weighted by atomic mass is 9.85. The average molecular weight is 266 g/mol. The van der Waals surface area contributed by atoms with Gasteiger partial charge in [0.05, 0.1) is 6.04 Å². The smallest absolute Gasteiger partial charge is 0.318 e. The molecule has 2 N–H and O–H groups in total. The van der Waals surface area contributed by atoms with Crippen LogP contribution in [0.5, 0.6) is 0 Å². The first-order valence-electron chi connectivity index (χ1n) is 6.67. The van der Waals surface area contributed by atoms with Crippen molar-refractivity contribution < 1.29 is 14.7 Å². The summed E-state index contributed by atoms with van der Waals surface area (Å²) < 4.78 is 0. The Morgan fingerprint density at radius 1 is 1.53 bits per heavy atom. The molecule has 3 unspecified atom stereocenters. The highest BCUT2D eigenvalue weighted by molar-refractivity contribution is 5.75. The molecule has 0 radical (unpaired) electrons. The molecule has 1 saturated heterocycles. The van der Waals surface area contributed by atoms with Gasteiger partial charge in [-0.25, -0.2) is 4.79 Å². The van der Waals surface area contributed by atoms with Crippen LogP contribution in [0, 0.1) is 24.2 Å². The standard InChI is InChI=1S/C14H22N2O3/c1-4-11(3)15-14(19)16-7-5-6-12(9-16)10(2)8-13(17)18/h1,10-12H,5-9H2,2-3H3,(H,15,19)(H,17,18). The molecule has 0 bridgehead atoms. The molecule has 1 aliphatic rings. The zero-order chi connectivity index (χ0) is 14.4. The second kappa shape index (κ2) is 7.03. The van der Waals surface area contributed by atoms with E-state index in [9.17, 15) is 9.59 Å². The average Bonchev–Trinajstić information content (AvgIpc) is 2.37. The highest BCUT2D eigenvalue weighted by atomic mass is 16.4. The van der Waals surface area contributed by atoms with Crippen LogP contribution in [0.3, 0.4) is 0 Å². The number of amides is 2. The number of hydrogen-bond donors (Lipinski definition) is 2. The molecule has 1 aliphatic heterocycles. The topological polar surface area (TPSA) is 69.6 Å². The van der Waals surface area contributed by atoms with E-state index in [4.69, 9.17) is 11.5 Å². The van der Waals surface area contributed by atoms with Crippen molar-refractivity contribution in [3.63, 3.8) is 0 Å². The summed E-state index contributed by atoms with van der Waals surface area (Å²) in [4.78, 5) is 24.4. The highest BCUT2D eigenvalue weighted by Gasteiger charge is 2.28. The number of hydrogen-bond acceptors (Lipinski definition) is 2. The first kappa shape index (κ1) is 15.4. The monoisotopic (exact) mass is 266 g/mol. The normalized spacial score (nSPS) is 22.2. The maximum Gasteiger partial charge on any atom is 0.318 e. The van der Waals surface area contributed by atoms with Crippen LogP contribution < -0.4 is 5.32 Å². The second-order valence-corrected chi connectivity index (χ2v) is 5.26. The molecule has 1 rings (SSSR count). The first-order chi connectivity index (χ1) is 8.93. The SMILES string of the molecule is C#CC(C)NC(=O)N1CCCC(C(C)CC(=O)O)C1. The Kier molecular flexibility index (Phi) is 5.68. The number of nitrogens with one attached hydrogen (secondary N) is 1. The van der Waals surface area contributed by atoms with Gasteiger partial charge in [-0.3, -0.25) is 4.79 Å². The Morgan fingerprint density at radius 3 is 2.79 bits per heavy atom. The summed E-state index contributed by atoms with van der Waals surface area (Å²) in [5.74, 6) is 2.00. The Balaban J connectivity index is 2.52. The lowest BCUT2D eigenvalue weighted by Gasteiger charge is -2.35. The molecule has 2 amide bonds. The minimum atomic E-state index is -0.782. The molecule has 5 heteroatoms. The number of carboxylic acids is 1. The van der Waals surface area contributed by atoms with Crippen molar-refractivity contribution in [3.8, 4) is 12.3 Å². The molecule has 0 aromatic heterocycles. The van der Waals surface area contributed by atoms with Crippen molar-refractivity contribution in [2.75, 3.05) is 13.1 Å². The number of terminal acetylenes is 1.